The van der Waals surface area contributed by atoms with E-state index in [0.717, 1.165) is 22.1 Å². The van der Waals surface area contributed by atoms with E-state index in [9.17, 15) is 8.78 Å². The molecule has 0 aliphatic rings. The van der Waals surface area contributed by atoms with E-state index >= 15 is 0 Å². The Kier molecular flexibility index (Phi) is 4.01. The average molecular weight is 350 g/mol. The summed E-state index contributed by atoms with van der Waals surface area (Å²) in [6, 6.07) is 13.0. The highest BCUT2D eigenvalue weighted by molar-refractivity contribution is 5.96. The number of aryl methyl sites for hydroxylation is 1. The van der Waals surface area contributed by atoms with Crippen molar-refractivity contribution in [3.05, 3.63) is 77.7 Å². The molecule has 4 rings (SSSR count). The van der Waals surface area contributed by atoms with Gasteiger partial charge < -0.3 is 10.2 Å². The maximum atomic E-state index is 14.4. The summed E-state index contributed by atoms with van der Waals surface area (Å²) in [5.41, 5.74) is 9.47. The third-order valence-corrected chi connectivity index (χ3v) is 4.28. The van der Waals surface area contributed by atoms with Gasteiger partial charge in [-0.05, 0) is 54.4 Å². The molecule has 0 aliphatic carbocycles. The van der Waals surface area contributed by atoms with E-state index in [2.05, 4.69) is 4.98 Å². The van der Waals surface area contributed by atoms with Gasteiger partial charge in [0, 0.05) is 22.7 Å². The summed E-state index contributed by atoms with van der Waals surface area (Å²) in [4.78, 5) is 4.24. The Bertz CT molecular complexity index is 1100. The van der Waals surface area contributed by atoms with Gasteiger partial charge in [0.15, 0.2) is 0 Å². The molecular formula is C21H16F2N2O. The number of nitrogens with two attached hydrogens (primary N) is 1. The van der Waals surface area contributed by atoms with Gasteiger partial charge in [-0.3, -0.25) is 4.98 Å². The van der Waals surface area contributed by atoms with Gasteiger partial charge in [-0.1, -0.05) is 12.1 Å². The topological polar surface area (TPSA) is 52.0 Å². The molecule has 2 heterocycles. The van der Waals surface area contributed by atoms with Gasteiger partial charge in [-0.25, -0.2) is 8.78 Å². The molecule has 0 bridgehead atoms. The molecule has 0 fully saturated rings. The predicted molar refractivity (Wildman–Crippen MR) is 97.4 cm³/mol. The van der Waals surface area contributed by atoms with Crippen LogP contribution in [0, 0.1) is 18.6 Å². The van der Waals surface area contributed by atoms with Crippen LogP contribution in [0.4, 0.5) is 8.78 Å². The molecule has 0 spiro atoms. The zero-order valence-corrected chi connectivity index (χ0v) is 14.1. The maximum Gasteiger partial charge on any atom is 0.149 e. The summed E-state index contributed by atoms with van der Waals surface area (Å²) < 4.78 is 33.6. The van der Waals surface area contributed by atoms with Crippen LogP contribution in [-0.2, 0) is 6.54 Å². The number of rotatable bonds is 3. The van der Waals surface area contributed by atoms with E-state index in [0.29, 0.717) is 16.9 Å². The van der Waals surface area contributed by atoms with E-state index in [1.807, 2.05) is 12.1 Å². The van der Waals surface area contributed by atoms with Gasteiger partial charge in [0.05, 0.1) is 6.54 Å². The van der Waals surface area contributed by atoms with E-state index in [-0.39, 0.29) is 18.1 Å². The van der Waals surface area contributed by atoms with Crippen LogP contribution in [-0.4, -0.2) is 4.98 Å². The summed E-state index contributed by atoms with van der Waals surface area (Å²) in [5, 5.41) is 0.795. The van der Waals surface area contributed by atoms with E-state index in [4.69, 9.17) is 10.2 Å². The fourth-order valence-corrected chi connectivity index (χ4v) is 3.03. The molecule has 130 valence electrons. The second-order valence-electron chi connectivity index (χ2n) is 6.21. The molecule has 5 heteroatoms. The van der Waals surface area contributed by atoms with Crippen LogP contribution in [0.25, 0.3) is 33.4 Å². The van der Waals surface area contributed by atoms with Gasteiger partial charge in [0.1, 0.15) is 28.7 Å². The number of aromatic nitrogens is 1. The lowest BCUT2D eigenvalue weighted by atomic mass is 9.98. The quantitative estimate of drug-likeness (QED) is 0.552. The van der Waals surface area contributed by atoms with Gasteiger partial charge in [0.25, 0.3) is 0 Å². The van der Waals surface area contributed by atoms with Crippen molar-refractivity contribution in [3.8, 4) is 22.4 Å². The van der Waals surface area contributed by atoms with E-state index in [1.165, 1.54) is 18.2 Å². The summed E-state index contributed by atoms with van der Waals surface area (Å²) in [6.07, 6.45) is 1.63. The van der Waals surface area contributed by atoms with Crippen molar-refractivity contribution in [2.24, 2.45) is 5.73 Å². The molecule has 26 heavy (non-hydrogen) atoms. The molecule has 0 amide bonds. The molecule has 0 aliphatic heterocycles. The monoisotopic (exact) mass is 350 g/mol. The van der Waals surface area contributed by atoms with Crippen LogP contribution >= 0.6 is 0 Å². The number of pyridine rings is 1. The Labute approximate surface area is 149 Å². The van der Waals surface area contributed by atoms with Crippen molar-refractivity contribution in [1.82, 2.24) is 4.98 Å². The first-order valence-corrected chi connectivity index (χ1v) is 8.20. The molecule has 2 aromatic heterocycles. The molecule has 0 radical (unpaired) electrons. The van der Waals surface area contributed by atoms with Crippen LogP contribution < -0.4 is 5.73 Å². The van der Waals surface area contributed by atoms with Gasteiger partial charge in [-0.15, -0.1) is 0 Å². The highest BCUT2D eigenvalue weighted by Crippen LogP contribution is 2.36. The zero-order valence-electron chi connectivity index (χ0n) is 14.1. The lowest BCUT2D eigenvalue weighted by Gasteiger charge is -2.08. The molecule has 0 saturated heterocycles. The first-order valence-electron chi connectivity index (χ1n) is 8.20. The highest BCUT2D eigenvalue weighted by atomic mass is 19.1. The molecule has 2 N–H and O–H groups in total. The number of nitrogens with zero attached hydrogens (tertiary/aromatic N) is 1. The Hall–Kier alpha value is -3.05. The summed E-state index contributed by atoms with van der Waals surface area (Å²) in [7, 11) is 0. The minimum Gasteiger partial charge on any atom is -0.459 e. The van der Waals surface area contributed by atoms with Crippen molar-refractivity contribution < 1.29 is 13.2 Å². The normalized spacial score (nSPS) is 11.2. The van der Waals surface area contributed by atoms with Crippen molar-refractivity contribution in [2.75, 3.05) is 0 Å². The second kappa shape index (κ2) is 6.35. The Morgan fingerprint density at radius 3 is 2.46 bits per heavy atom. The highest BCUT2D eigenvalue weighted by Gasteiger charge is 2.15. The number of benzene rings is 2. The fourth-order valence-electron chi connectivity index (χ4n) is 3.03. The Balaban J connectivity index is 1.99. The third kappa shape index (κ3) is 2.86. The zero-order chi connectivity index (χ0) is 18.3. The molecule has 4 aromatic rings. The molecule has 0 atom stereocenters. The number of hydrogen-bond donors (Lipinski definition) is 1. The van der Waals surface area contributed by atoms with Crippen molar-refractivity contribution in [1.29, 1.82) is 0 Å². The first-order chi connectivity index (χ1) is 12.5. The van der Waals surface area contributed by atoms with Crippen LogP contribution in [0.5, 0.6) is 0 Å². The number of furan rings is 1. The summed E-state index contributed by atoms with van der Waals surface area (Å²) in [6.45, 7) is 2.04. The average Bonchev–Trinajstić information content (AvgIpc) is 3.05. The third-order valence-electron chi connectivity index (χ3n) is 4.28. The lowest BCUT2D eigenvalue weighted by molar-refractivity contribution is 0.553. The van der Waals surface area contributed by atoms with Gasteiger partial charge in [-0.2, -0.15) is 0 Å². The SMILES string of the molecule is Cc1cnc(-c2cc(-c3ccc(F)cc3)c3oc(CN)cc3c2)c(F)c1. The fraction of sp³-hybridized carbons (Fsp3) is 0.0952. The van der Waals surface area contributed by atoms with Crippen LogP contribution in [0.3, 0.4) is 0 Å². The Morgan fingerprint density at radius 2 is 1.77 bits per heavy atom. The van der Waals surface area contributed by atoms with Gasteiger partial charge >= 0.3 is 0 Å². The molecule has 2 aromatic carbocycles. The molecular weight excluding hydrogens is 334 g/mol. The number of halogens is 2. The first kappa shape index (κ1) is 16.4. The van der Waals surface area contributed by atoms with Crippen LogP contribution in [0.1, 0.15) is 11.3 Å². The lowest BCUT2D eigenvalue weighted by Crippen LogP contribution is -1.92. The number of hydrogen-bond acceptors (Lipinski definition) is 3. The van der Waals surface area contributed by atoms with E-state index in [1.54, 1.807) is 31.3 Å². The molecule has 0 saturated carbocycles. The molecule has 3 nitrogen and oxygen atoms in total. The van der Waals surface area contributed by atoms with Gasteiger partial charge in [0.2, 0.25) is 0 Å². The second-order valence-corrected chi connectivity index (χ2v) is 6.21. The van der Waals surface area contributed by atoms with E-state index < -0.39 is 5.82 Å². The minimum atomic E-state index is -0.392. The number of fused-ring (bicyclic) bond motifs is 1. The maximum absolute atomic E-state index is 14.4. The van der Waals surface area contributed by atoms with Crippen molar-refractivity contribution in [3.63, 3.8) is 0 Å². The summed E-state index contributed by atoms with van der Waals surface area (Å²) in [5.74, 6) is -0.0933. The van der Waals surface area contributed by atoms with Crippen LogP contribution in [0.15, 0.2) is 59.1 Å². The largest absolute Gasteiger partial charge is 0.459 e. The molecule has 0 unspecified atom stereocenters. The summed E-state index contributed by atoms with van der Waals surface area (Å²) >= 11 is 0. The predicted octanol–water partition coefficient (Wildman–Crippen LogP) is 5.21. The minimum absolute atomic E-state index is 0.254. The smallest absolute Gasteiger partial charge is 0.149 e. The van der Waals surface area contributed by atoms with Crippen molar-refractivity contribution >= 4 is 11.0 Å². The standard InChI is InChI=1S/C21H16F2N2O/c1-12-6-19(23)20(25-11-12)14-7-15-8-17(10-24)26-21(15)18(9-14)13-2-4-16(22)5-3-13/h2-9,11H,10,24H2,1H3. The Morgan fingerprint density at radius 1 is 1.00 bits per heavy atom. The van der Waals surface area contributed by atoms with Crippen LogP contribution in [0.2, 0.25) is 0 Å². The van der Waals surface area contributed by atoms with Crippen molar-refractivity contribution in [2.45, 2.75) is 13.5 Å².